The monoisotopic (exact) mass is 206 g/mol. The van der Waals surface area contributed by atoms with Gasteiger partial charge in [-0.15, -0.1) is 0 Å². The number of phenolic OH excluding ortho intramolecular Hbond substituents is 2. The number of aromatic hydroxyl groups is 2. The zero-order chi connectivity index (χ0) is 10.5. The molecule has 13 heavy (non-hydrogen) atoms. The van der Waals surface area contributed by atoms with E-state index >= 15 is 0 Å². The van der Waals surface area contributed by atoms with Crippen LogP contribution in [-0.2, 0) is 0 Å². The second-order valence-corrected chi connectivity index (χ2v) is 3.32. The van der Waals surface area contributed by atoms with Crippen LogP contribution in [0.4, 0.5) is 0 Å². The number of phenols is 2. The van der Waals surface area contributed by atoms with Crippen LogP contribution in [0.5, 0.6) is 11.5 Å². The van der Waals surface area contributed by atoms with Gasteiger partial charge in [-0.1, -0.05) is 6.07 Å². The first-order valence-corrected chi connectivity index (χ1v) is 4.95. The third-order valence-electron chi connectivity index (χ3n) is 0.830. The maximum Gasteiger partial charge on any atom is 0.668 e. The first kappa shape index (κ1) is 11.9. The minimum Gasteiger partial charge on any atom is -0.508 e. The van der Waals surface area contributed by atoms with Crippen LogP contribution in [0.15, 0.2) is 24.3 Å². The molecule has 0 bridgehead atoms. The second kappa shape index (κ2) is 4.79. The van der Waals surface area contributed by atoms with E-state index in [0.717, 1.165) is 0 Å². The smallest absolute Gasteiger partial charge is 0.508 e. The van der Waals surface area contributed by atoms with Gasteiger partial charge >= 0.3 is 9.05 Å². The molecule has 0 atom stereocenters. The van der Waals surface area contributed by atoms with E-state index in [-0.39, 0.29) is 11.5 Å². The van der Waals surface area contributed by atoms with Crippen molar-refractivity contribution >= 4 is 9.05 Å². The van der Waals surface area contributed by atoms with Crippen molar-refractivity contribution in [3.8, 4) is 11.5 Å². The van der Waals surface area contributed by atoms with Crippen LogP contribution in [0.2, 0.25) is 0 Å². The third-order valence-corrected chi connectivity index (χ3v) is 0.830. The van der Waals surface area contributed by atoms with Gasteiger partial charge in [-0.25, -0.2) is 0 Å². The Kier molecular flexibility index (Phi) is 4.38. The molecule has 1 aromatic rings. The summed E-state index contributed by atoms with van der Waals surface area (Å²) in [6.07, 6.45) is 0. The maximum absolute atomic E-state index is 8.65. The van der Waals surface area contributed by atoms with Gasteiger partial charge in [-0.3, -0.25) is 0 Å². The van der Waals surface area contributed by atoms with Gasteiger partial charge in [0.25, 0.3) is 0 Å². The first-order valence-electron chi connectivity index (χ1n) is 3.16. The lowest BCUT2D eigenvalue weighted by Crippen LogP contribution is -2.33. The molecule has 6 nitrogen and oxygen atoms in total. The van der Waals surface area contributed by atoms with E-state index in [1.807, 2.05) is 0 Å². The molecule has 1 aromatic carbocycles. The van der Waals surface area contributed by atoms with Gasteiger partial charge in [-0.05, 0) is 12.1 Å². The number of rotatable bonds is 0. The van der Waals surface area contributed by atoms with Crippen LogP contribution < -0.4 is 0 Å². The van der Waals surface area contributed by atoms with Gasteiger partial charge in [0.1, 0.15) is 11.5 Å². The summed E-state index contributed by atoms with van der Waals surface area (Å²) < 4.78 is 0. The lowest BCUT2D eigenvalue weighted by Gasteiger charge is -1.91. The molecule has 0 spiro atoms. The van der Waals surface area contributed by atoms with Crippen molar-refractivity contribution in [2.45, 2.75) is 0 Å². The van der Waals surface area contributed by atoms with Crippen LogP contribution in [-0.4, -0.2) is 38.4 Å². The average Bonchev–Trinajstić information content (AvgIpc) is 1.81. The lowest BCUT2D eigenvalue weighted by molar-refractivity contribution is 0.117. The zero-order valence-corrected chi connectivity index (χ0v) is 7.49. The minimum atomic E-state index is -4.61. The topological polar surface area (TPSA) is 121 Å². The summed E-state index contributed by atoms with van der Waals surface area (Å²) in [5, 5.41) is 17.3. The maximum atomic E-state index is 8.65. The average molecular weight is 206 g/mol. The molecule has 0 aliphatic heterocycles. The summed E-state index contributed by atoms with van der Waals surface area (Å²) in [4.78, 5) is 29.3. The van der Waals surface area contributed by atoms with E-state index in [1.54, 1.807) is 6.07 Å². The highest BCUT2D eigenvalue weighted by atomic mass is 28.4. The Labute approximate surface area is 75.1 Å². The largest absolute Gasteiger partial charge is 0.668 e. The molecule has 7 heteroatoms. The van der Waals surface area contributed by atoms with Gasteiger partial charge in [0.2, 0.25) is 0 Å². The van der Waals surface area contributed by atoms with Crippen molar-refractivity contribution in [3.63, 3.8) is 0 Å². The van der Waals surface area contributed by atoms with Crippen LogP contribution in [0.25, 0.3) is 0 Å². The molecule has 6 N–H and O–H groups in total. The Morgan fingerprint density at radius 1 is 0.846 bits per heavy atom. The molecule has 0 fully saturated rings. The van der Waals surface area contributed by atoms with Crippen molar-refractivity contribution in [3.05, 3.63) is 24.3 Å². The third kappa shape index (κ3) is 10.9. The Balaban J connectivity index is 0.000000252. The number of hydrogen-bond donors (Lipinski definition) is 6. The highest BCUT2D eigenvalue weighted by Crippen LogP contribution is 2.14. The van der Waals surface area contributed by atoms with Crippen LogP contribution in [0, 0.1) is 0 Å². The van der Waals surface area contributed by atoms with Crippen molar-refractivity contribution in [2.24, 2.45) is 0 Å². The molecule has 0 saturated heterocycles. The van der Waals surface area contributed by atoms with Gasteiger partial charge in [0, 0.05) is 6.07 Å². The Morgan fingerprint density at radius 3 is 1.31 bits per heavy atom. The number of hydrogen-bond acceptors (Lipinski definition) is 6. The standard InChI is InChI=1S/C6H6O2.H4O4Si/c7-5-2-1-3-6(8)4-5;1-5(2,3)4/h1-4,7-8H;1-4H. The van der Waals surface area contributed by atoms with Crippen molar-refractivity contribution in [1.82, 2.24) is 0 Å². The fourth-order valence-corrected chi connectivity index (χ4v) is 0.493. The molecule has 0 aromatic heterocycles. The second-order valence-electron chi connectivity index (χ2n) is 2.12. The number of benzene rings is 1. The van der Waals surface area contributed by atoms with E-state index in [0.29, 0.717) is 0 Å². The van der Waals surface area contributed by atoms with Gasteiger partial charge in [-0.2, -0.15) is 0 Å². The molecule has 0 saturated carbocycles. The molecule has 0 aliphatic carbocycles. The van der Waals surface area contributed by atoms with Gasteiger partial charge in [0.15, 0.2) is 0 Å². The fraction of sp³-hybridized carbons (Fsp3) is 0. The quantitative estimate of drug-likeness (QED) is 0.287. The molecule has 74 valence electrons. The van der Waals surface area contributed by atoms with Gasteiger partial charge in [0.05, 0.1) is 0 Å². The summed E-state index contributed by atoms with van der Waals surface area (Å²) in [5.74, 6) is 0.176. The molecule has 1 rings (SSSR count). The highest BCUT2D eigenvalue weighted by Gasteiger charge is 2.22. The van der Waals surface area contributed by atoms with Crippen molar-refractivity contribution < 1.29 is 29.4 Å². The van der Waals surface area contributed by atoms with E-state index in [2.05, 4.69) is 0 Å². The van der Waals surface area contributed by atoms with E-state index in [9.17, 15) is 0 Å². The summed E-state index contributed by atoms with van der Waals surface area (Å²) in [6, 6.07) is 5.85. The summed E-state index contributed by atoms with van der Waals surface area (Å²) in [6.45, 7) is 0. The zero-order valence-electron chi connectivity index (χ0n) is 6.49. The Bertz CT molecular complexity index is 234. The van der Waals surface area contributed by atoms with Crippen LogP contribution in [0.1, 0.15) is 0 Å². The molecular weight excluding hydrogens is 196 g/mol. The summed E-state index contributed by atoms with van der Waals surface area (Å²) in [5.41, 5.74) is 0. The minimum absolute atomic E-state index is 0.0880. The Morgan fingerprint density at radius 2 is 1.15 bits per heavy atom. The van der Waals surface area contributed by atoms with Crippen molar-refractivity contribution in [2.75, 3.05) is 0 Å². The lowest BCUT2D eigenvalue weighted by atomic mass is 10.3. The predicted octanol–water partition coefficient (Wildman–Crippen LogP) is -1.51. The molecule has 0 radical (unpaired) electrons. The Hall–Kier alpha value is -1.12. The molecule has 0 unspecified atom stereocenters. The molecule has 0 amide bonds. The van der Waals surface area contributed by atoms with E-state index < -0.39 is 9.05 Å². The predicted molar refractivity (Wildman–Crippen MR) is 44.4 cm³/mol. The first-order chi connectivity index (χ1) is 5.79. The highest BCUT2D eigenvalue weighted by molar-refractivity contribution is 6.46. The van der Waals surface area contributed by atoms with Gasteiger partial charge < -0.3 is 29.4 Å². The normalized spacial score (nSPS) is 10.2. The molecule has 0 heterocycles. The molecular formula is C6H10O6Si. The SMILES string of the molecule is O[Si](O)(O)O.Oc1cccc(O)c1. The molecule has 0 aliphatic rings. The summed E-state index contributed by atoms with van der Waals surface area (Å²) in [7, 11) is -4.61. The summed E-state index contributed by atoms with van der Waals surface area (Å²) >= 11 is 0. The van der Waals surface area contributed by atoms with Crippen LogP contribution in [0.3, 0.4) is 0 Å². The fourth-order valence-electron chi connectivity index (χ4n) is 0.493. The van der Waals surface area contributed by atoms with E-state index in [1.165, 1.54) is 18.2 Å². The van der Waals surface area contributed by atoms with Crippen molar-refractivity contribution in [1.29, 1.82) is 0 Å². The van der Waals surface area contributed by atoms with E-state index in [4.69, 9.17) is 29.4 Å². The van der Waals surface area contributed by atoms with Crippen LogP contribution >= 0.6 is 0 Å².